The number of benzene rings is 1. The summed E-state index contributed by atoms with van der Waals surface area (Å²) in [4.78, 5) is 4.28. The van der Waals surface area contributed by atoms with Crippen molar-refractivity contribution in [1.29, 1.82) is 0 Å². The third kappa shape index (κ3) is 3.23. The number of hydrogen-bond acceptors (Lipinski definition) is 4. The molecule has 0 fully saturated rings. The molecule has 1 atom stereocenters. The first-order valence-corrected chi connectivity index (χ1v) is 7.94. The van der Waals surface area contributed by atoms with Gasteiger partial charge in [-0.25, -0.2) is 0 Å². The van der Waals surface area contributed by atoms with Crippen molar-refractivity contribution in [3.63, 3.8) is 0 Å². The number of fused-ring (bicyclic) bond motifs is 1. The zero-order valence-electron chi connectivity index (χ0n) is 12.0. The summed E-state index contributed by atoms with van der Waals surface area (Å²) in [6.07, 6.45) is 4.65. The molecule has 4 heteroatoms. The van der Waals surface area contributed by atoms with E-state index in [-0.39, 0.29) is 6.10 Å². The monoisotopic (exact) mass is 298 g/mol. The molecule has 1 aromatic carbocycles. The number of ether oxygens (including phenoxy) is 1. The summed E-state index contributed by atoms with van der Waals surface area (Å²) in [7, 11) is 1.96. The second kappa shape index (κ2) is 6.70. The van der Waals surface area contributed by atoms with Gasteiger partial charge in [0.2, 0.25) is 0 Å². The Morgan fingerprint density at radius 1 is 1.19 bits per heavy atom. The summed E-state index contributed by atoms with van der Waals surface area (Å²) in [6, 6.07) is 12.4. The number of pyridine rings is 1. The SMILES string of the molecule is CNCCC(Oc1cncc2ccsc12)c1ccccc1. The minimum Gasteiger partial charge on any atom is -0.483 e. The molecule has 1 unspecified atom stereocenters. The van der Waals surface area contributed by atoms with E-state index in [1.807, 2.05) is 25.5 Å². The van der Waals surface area contributed by atoms with Gasteiger partial charge in [-0.2, -0.15) is 0 Å². The molecular formula is C17H18N2OS. The lowest BCUT2D eigenvalue weighted by atomic mass is 10.1. The molecule has 0 amide bonds. The van der Waals surface area contributed by atoms with Crippen molar-refractivity contribution in [2.24, 2.45) is 0 Å². The summed E-state index contributed by atoms with van der Waals surface area (Å²) >= 11 is 1.69. The number of nitrogens with one attached hydrogen (secondary N) is 1. The molecule has 2 aromatic heterocycles. The molecule has 3 aromatic rings. The molecule has 0 spiro atoms. The Bertz CT molecular complexity index is 696. The second-order valence-corrected chi connectivity index (χ2v) is 5.80. The van der Waals surface area contributed by atoms with Gasteiger partial charge in [-0.05, 0) is 30.6 Å². The third-order valence-electron chi connectivity index (χ3n) is 3.42. The first-order chi connectivity index (χ1) is 10.4. The van der Waals surface area contributed by atoms with E-state index in [0.29, 0.717) is 0 Å². The summed E-state index contributed by atoms with van der Waals surface area (Å²) in [5.41, 5.74) is 1.20. The largest absolute Gasteiger partial charge is 0.483 e. The first-order valence-electron chi connectivity index (χ1n) is 7.06. The molecule has 1 N–H and O–H groups in total. The third-order valence-corrected chi connectivity index (χ3v) is 4.37. The highest BCUT2D eigenvalue weighted by Gasteiger charge is 2.15. The smallest absolute Gasteiger partial charge is 0.156 e. The van der Waals surface area contributed by atoms with Crippen LogP contribution in [0.2, 0.25) is 0 Å². The molecule has 0 saturated heterocycles. The van der Waals surface area contributed by atoms with Crippen molar-refractivity contribution in [1.82, 2.24) is 10.3 Å². The second-order valence-electron chi connectivity index (χ2n) is 4.89. The standard InChI is InChI=1S/C17H18N2OS/c1-18-9-7-15(13-5-3-2-4-6-13)20-16-12-19-11-14-8-10-21-17(14)16/h2-6,8,10-12,15,18H,7,9H2,1H3. The van der Waals surface area contributed by atoms with Crippen LogP contribution < -0.4 is 10.1 Å². The molecule has 0 aliphatic heterocycles. The van der Waals surface area contributed by atoms with Gasteiger partial charge >= 0.3 is 0 Å². The van der Waals surface area contributed by atoms with Gasteiger partial charge in [-0.15, -0.1) is 11.3 Å². The van der Waals surface area contributed by atoms with Crippen LogP contribution in [0.15, 0.2) is 54.2 Å². The zero-order valence-corrected chi connectivity index (χ0v) is 12.8. The van der Waals surface area contributed by atoms with Gasteiger partial charge in [-0.3, -0.25) is 4.98 Å². The van der Waals surface area contributed by atoms with Crippen molar-refractivity contribution in [3.8, 4) is 5.75 Å². The maximum Gasteiger partial charge on any atom is 0.156 e. The fourth-order valence-corrected chi connectivity index (χ4v) is 3.16. The predicted molar refractivity (Wildman–Crippen MR) is 88.0 cm³/mol. The average molecular weight is 298 g/mol. The highest BCUT2D eigenvalue weighted by molar-refractivity contribution is 7.17. The van der Waals surface area contributed by atoms with E-state index in [1.54, 1.807) is 11.3 Å². The Labute approximate surface area is 128 Å². The zero-order chi connectivity index (χ0) is 14.5. The molecule has 108 valence electrons. The number of aromatic nitrogens is 1. The summed E-state index contributed by atoms with van der Waals surface area (Å²) < 4.78 is 7.44. The molecule has 0 aliphatic rings. The molecule has 0 bridgehead atoms. The molecule has 2 heterocycles. The van der Waals surface area contributed by atoms with Gasteiger partial charge in [0.1, 0.15) is 6.10 Å². The predicted octanol–water partition coefficient (Wildman–Crippen LogP) is 4.03. The number of hydrogen-bond donors (Lipinski definition) is 1. The van der Waals surface area contributed by atoms with Gasteiger partial charge in [0, 0.05) is 18.0 Å². The first kappa shape index (κ1) is 14.0. The highest BCUT2D eigenvalue weighted by atomic mass is 32.1. The Morgan fingerprint density at radius 2 is 2.05 bits per heavy atom. The van der Waals surface area contributed by atoms with Crippen LogP contribution in [-0.4, -0.2) is 18.6 Å². The van der Waals surface area contributed by atoms with Gasteiger partial charge in [0.15, 0.2) is 5.75 Å². The van der Waals surface area contributed by atoms with Gasteiger partial charge in [0.25, 0.3) is 0 Å². The molecular weight excluding hydrogens is 280 g/mol. The van der Waals surface area contributed by atoms with Crippen LogP contribution in [0, 0.1) is 0 Å². The highest BCUT2D eigenvalue weighted by Crippen LogP contribution is 2.33. The minimum atomic E-state index is 0.0353. The van der Waals surface area contributed by atoms with Crippen molar-refractivity contribution in [3.05, 3.63) is 59.7 Å². The van der Waals surface area contributed by atoms with Crippen LogP contribution in [-0.2, 0) is 0 Å². The molecule has 0 radical (unpaired) electrons. The Balaban J connectivity index is 1.89. The van der Waals surface area contributed by atoms with Gasteiger partial charge in [-0.1, -0.05) is 30.3 Å². The summed E-state index contributed by atoms with van der Waals surface area (Å²) in [5.74, 6) is 0.868. The van der Waals surface area contributed by atoms with Crippen LogP contribution in [0.1, 0.15) is 18.1 Å². The lowest BCUT2D eigenvalue weighted by Gasteiger charge is -2.19. The number of rotatable bonds is 6. The van der Waals surface area contributed by atoms with Crippen LogP contribution >= 0.6 is 11.3 Å². The van der Waals surface area contributed by atoms with Crippen molar-refractivity contribution >= 4 is 21.4 Å². The van der Waals surface area contributed by atoms with E-state index in [4.69, 9.17) is 4.74 Å². The topological polar surface area (TPSA) is 34.1 Å². The Hall–Kier alpha value is -1.91. The number of thiophene rings is 1. The van der Waals surface area contributed by atoms with E-state index >= 15 is 0 Å². The Morgan fingerprint density at radius 3 is 2.86 bits per heavy atom. The van der Waals surface area contributed by atoms with Crippen LogP contribution in [0.3, 0.4) is 0 Å². The van der Waals surface area contributed by atoms with E-state index in [0.717, 1.165) is 28.8 Å². The van der Waals surface area contributed by atoms with Crippen molar-refractivity contribution in [2.45, 2.75) is 12.5 Å². The molecule has 3 rings (SSSR count). The van der Waals surface area contributed by atoms with E-state index < -0.39 is 0 Å². The molecule has 0 aliphatic carbocycles. The van der Waals surface area contributed by atoms with E-state index in [9.17, 15) is 0 Å². The van der Waals surface area contributed by atoms with Crippen LogP contribution in [0.5, 0.6) is 5.75 Å². The molecule has 3 nitrogen and oxygen atoms in total. The summed E-state index contributed by atoms with van der Waals surface area (Å²) in [5, 5.41) is 6.40. The maximum absolute atomic E-state index is 6.28. The lowest BCUT2D eigenvalue weighted by molar-refractivity contribution is 0.197. The molecule has 21 heavy (non-hydrogen) atoms. The average Bonchev–Trinajstić information content (AvgIpc) is 3.01. The molecule has 0 saturated carbocycles. The fourth-order valence-electron chi connectivity index (χ4n) is 2.34. The Kier molecular flexibility index (Phi) is 4.48. The normalized spacial score (nSPS) is 12.4. The van der Waals surface area contributed by atoms with Gasteiger partial charge < -0.3 is 10.1 Å². The minimum absolute atomic E-state index is 0.0353. The van der Waals surface area contributed by atoms with Gasteiger partial charge in [0.05, 0.1) is 10.9 Å². The number of nitrogens with zero attached hydrogens (tertiary/aromatic N) is 1. The maximum atomic E-state index is 6.28. The quantitative estimate of drug-likeness (QED) is 0.746. The lowest BCUT2D eigenvalue weighted by Crippen LogP contribution is -2.16. The van der Waals surface area contributed by atoms with Crippen molar-refractivity contribution in [2.75, 3.05) is 13.6 Å². The fraction of sp³-hybridized carbons (Fsp3) is 0.235. The van der Waals surface area contributed by atoms with E-state index in [1.165, 1.54) is 5.56 Å². The van der Waals surface area contributed by atoms with Crippen molar-refractivity contribution < 1.29 is 4.74 Å². The van der Waals surface area contributed by atoms with Crippen LogP contribution in [0.25, 0.3) is 10.1 Å². The van der Waals surface area contributed by atoms with Crippen LogP contribution in [0.4, 0.5) is 0 Å². The summed E-state index contributed by atoms with van der Waals surface area (Å²) in [6.45, 7) is 0.910. The van der Waals surface area contributed by atoms with E-state index in [2.05, 4.69) is 46.0 Å².